The Hall–Kier alpha value is 3.76. The van der Waals surface area contributed by atoms with E-state index in [0.717, 1.165) is 0 Å². The van der Waals surface area contributed by atoms with Gasteiger partial charge in [0.05, 0.1) is 0 Å². The molecule has 0 aliphatic heterocycles. The van der Waals surface area contributed by atoms with Crippen LogP contribution in [0.5, 0.6) is 0 Å². The molecule has 0 aliphatic carbocycles. The zero-order valence-electron chi connectivity index (χ0n) is 10.8. The Morgan fingerprint density at radius 1 is 0.381 bits per heavy atom. The molecule has 21 heavy (non-hydrogen) atoms. The van der Waals surface area contributed by atoms with Gasteiger partial charge in [-0.1, -0.05) is 0 Å². The zero-order chi connectivity index (χ0) is 18.0. The van der Waals surface area contributed by atoms with E-state index in [9.17, 15) is 0 Å². The molecule has 0 spiro atoms. The van der Waals surface area contributed by atoms with Crippen molar-refractivity contribution in [2.75, 3.05) is 0 Å². The van der Waals surface area contributed by atoms with Gasteiger partial charge in [0.15, 0.2) is 0 Å². The van der Waals surface area contributed by atoms with Crippen LogP contribution in [0.1, 0.15) is 1.43 Å². The number of hydrogen-bond donors (Lipinski definition) is 12. The predicted molar refractivity (Wildman–Crippen MR) is 84.9 cm³/mol. The van der Waals surface area contributed by atoms with Crippen molar-refractivity contribution in [1.82, 2.24) is 0 Å². The fourth-order valence-corrected chi connectivity index (χ4v) is 0. The Bertz CT molecular complexity index is 304. The Kier molecular flexibility index (Phi) is 27.2. The molecule has 0 saturated heterocycles. The monoisotopic (exact) mass is 496 g/mol. The fraction of sp³-hybridized carbons (Fsp3) is 0. The van der Waals surface area contributed by atoms with Crippen LogP contribution < -0.4 is 51.4 Å². The quantitative estimate of drug-likeness (QED) is 0.110. The zero-order valence-corrected chi connectivity index (χ0v) is 19.8. The van der Waals surface area contributed by atoms with Gasteiger partial charge in [0.25, 0.3) is 0 Å². The van der Waals surface area contributed by atoms with Crippen LogP contribution in [0.2, 0.25) is 0 Å². The first kappa shape index (κ1) is 35.8. The average molecular weight is 496 g/mol. The van der Waals surface area contributed by atoms with Gasteiger partial charge in [0, 0.05) is 0 Å². The number of rotatable bonds is 0. The first-order chi connectivity index (χ1) is 8.00. The van der Waals surface area contributed by atoms with Crippen LogP contribution in [0.15, 0.2) is 0 Å². The van der Waals surface area contributed by atoms with Crippen LogP contribution in [0, 0.1) is 0 Å². The van der Waals surface area contributed by atoms with Crippen LogP contribution in [0.25, 0.3) is 0 Å². The van der Waals surface area contributed by atoms with Crippen molar-refractivity contribution >= 4 is 74.1 Å². The minimum atomic E-state index is -3.81. The topological polar surface area (TPSA) is 243 Å². The van der Waals surface area contributed by atoms with E-state index in [4.69, 9.17) is 58.7 Å². The molecule has 0 unspecified atom stereocenters. The van der Waals surface area contributed by atoms with Crippen LogP contribution in [-0.2, 0) is 47.2 Å². The van der Waals surface area contributed by atoms with Gasteiger partial charge >= 0.3 is 78.3 Å². The van der Waals surface area contributed by atoms with Gasteiger partial charge in [-0.25, -0.2) is 0 Å². The van der Waals surface area contributed by atoms with Gasteiger partial charge in [-0.3, -0.25) is 0 Å². The summed E-state index contributed by atoms with van der Waals surface area (Å²) in [4.78, 5) is 90.7. The smallest absolute Gasteiger partial charge is 1.00 e. The molecule has 0 rings (SSSR count). The normalized spacial score (nSPS) is 11.2. The molecule has 0 bridgehead atoms. The Morgan fingerprint density at radius 3 is 0.381 bits per heavy atom. The first-order valence-corrected chi connectivity index (χ1v) is 13.8. The minimum absolute atomic E-state index is 0. The molecule has 21 heteroatoms. The van der Waals surface area contributed by atoms with Gasteiger partial charge in [-0.2, -0.15) is 0 Å². The van der Waals surface area contributed by atoms with Crippen LogP contribution in [-0.4, -0.2) is 58.7 Å². The third-order valence-electron chi connectivity index (χ3n) is 0. The van der Waals surface area contributed by atoms with E-state index in [1.807, 2.05) is 0 Å². The Labute approximate surface area is 183 Å². The maximum atomic E-state index is 7.56. The van der Waals surface area contributed by atoms with Gasteiger partial charge < -0.3 is 60.1 Å². The van der Waals surface area contributed by atoms with Crippen molar-refractivity contribution in [1.29, 1.82) is 0 Å². The molecule has 0 aromatic rings. The van der Waals surface area contributed by atoms with Gasteiger partial charge in [0.1, 0.15) is 0 Å². The largest absolute Gasteiger partial charge is 1.00 e. The summed E-state index contributed by atoms with van der Waals surface area (Å²) >= 11 is 14.4. The summed E-state index contributed by atoms with van der Waals surface area (Å²) in [7, 11) is 0. The van der Waals surface area contributed by atoms with Crippen molar-refractivity contribution in [3.63, 3.8) is 0 Å². The van der Waals surface area contributed by atoms with Gasteiger partial charge in [0.2, 0.25) is 0 Å². The summed E-state index contributed by atoms with van der Waals surface area (Å²) in [6, 6.07) is 0. The Balaban J connectivity index is -0.0000000376. The van der Waals surface area contributed by atoms with Crippen molar-refractivity contribution in [2.24, 2.45) is 0 Å². The molecule has 0 amide bonds. The van der Waals surface area contributed by atoms with E-state index in [1.165, 1.54) is 0 Å². The average Bonchev–Trinajstić information content (AvgIpc) is 1.62. The molecule has 0 aromatic heterocycles. The summed E-state index contributed by atoms with van der Waals surface area (Å²) in [5.41, 5.74) is 0. The van der Waals surface area contributed by atoms with Crippen LogP contribution >= 0.6 is 26.9 Å². The second-order valence-corrected chi connectivity index (χ2v) is 12.0. The van der Waals surface area contributed by atoms with Crippen molar-refractivity contribution in [2.45, 2.75) is 0 Å². The van der Waals surface area contributed by atoms with Crippen molar-refractivity contribution in [3.8, 4) is 0 Å². The molecule has 0 aromatic carbocycles. The molecule has 12 nitrogen and oxygen atoms in total. The number of hydrogen-bond acceptors (Lipinski definition) is 4. The summed E-state index contributed by atoms with van der Waals surface area (Å²) in [5, 5.41) is 0. The molecule has 0 radical (unpaired) electrons. The van der Waals surface area contributed by atoms with E-state index >= 15 is 0 Å². The van der Waals surface area contributed by atoms with Crippen molar-refractivity contribution < 1.29 is 112 Å². The van der Waals surface area contributed by atoms with Gasteiger partial charge in [-0.05, 0) is 47.2 Å². The second kappa shape index (κ2) is 16.0. The van der Waals surface area contributed by atoms with Crippen LogP contribution in [0.4, 0.5) is 0 Å². The minimum Gasteiger partial charge on any atom is -1.00 e. The molecule has 130 valence electrons. The molecule has 0 heterocycles. The molecule has 0 fully saturated rings. The standard InChI is InChI=1S/K.4H3O3PS.H/c;4*1-4(2,3)5;/h;4*(H3,1,2,3,5);/q+1;;;;;-1. The van der Waals surface area contributed by atoms with Crippen LogP contribution in [0.3, 0.4) is 0 Å². The summed E-state index contributed by atoms with van der Waals surface area (Å²) in [6.45, 7) is -15.2. The predicted octanol–water partition coefficient (Wildman–Crippen LogP) is -6.13. The summed E-state index contributed by atoms with van der Waals surface area (Å²) in [5.74, 6) is 0. The molecule has 0 aliphatic rings. The van der Waals surface area contributed by atoms with E-state index < -0.39 is 26.9 Å². The van der Waals surface area contributed by atoms with Gasteiger partial charge in [-0.15, -0.1) is 0 Å². The van der Waals surface area contributed by atoms with E-state index in [1.54, 1.807) is 0 Å². The summed E-state index contributed by atoms with van der Waals surface area (Å²) < 4.78 is 0. The third-order valence-corrected chi connectivity index (χ3v) is 0. The molecule has 12 N–H and O–H groups in total. The molecule has 0 saturated carbocycles. The summed E-state index contributed by atoms with van der Waals surface area (Å²) in [6.07, 6.45) is 0. The maximum Gasteiger partial charge on any atom is 1.00 e. The van der Waals surface area contributed by atoms with E-state index in [2.05, 4.69) is 47.2 Å². The molecular formula is H13KO12P4S4. The first-order valence-electron chi connectivity index (χ1n) is 3.13. The SMILES string of the molecule is OP(O)(O)=S.OP(O)(O)=S.OP(O)(O)=S.OP(O)(O)=S.[H-].[K+]. The maximum absolute atomic E-state index is 7.56. The van der Waals surface area contributed by atoms with Crippen molar-refractivity contribution in [3.05, 3.63) is 0 Å². The fourth-order valence-electron chi connectivity index (χ4n) is 0. The van der Waals surface area contributed by atoms with E-state index in [-0.39, 0.29) is 52.8 Å². The second-order valence-electron chi connectivity index (χ2n) is 2.05. The Morgan fingerprint density at radius 2 is 0.381 bits per heavy atom. The molecular weight excluding hydrogens is 483 g/mol. The van der Waals surface area contributed by atoms with E-state index in [0.29, 0.717) is 0 Å². The molecule has 0 atom stereocenters. The third kappa shape index (κ3) is 797.